The van der Waals surface area contributed by atoms with Crippen molar-refractivity contribution in [2.24, 2.45) is 0 Å². The van der Waals surface area contributed by atoms with E-state index >= 15 is 0 Å². The number of anilines is 9. The molecule has 3 aromatic carbocycles. The Labute approximate surface area is 299 Å². The number of benzene rings is 3. The summed E-state index contributed by atoms with van der Waals surface area (Å²) in [5, 5.41) is 37.1. The van der Waals surface area contributed by atoms with Crippen molar-refractivity contribution in [1.82, 2.24) is 29.9 Å². The van der Waals surface area contributed by atoms with E-state index < -0.39 is 24.4 Å². The van der Waals surface area contributed by atoms with E-state index in [1.54, 1.807) is 48.5 Å². The first kappa shape index (κ1) is 37.6. The minimum atomic E-state index is -1.65. The van der Waals surface area contributed by atoms with Gasteiger partial charge in [-0.1, -0.05) is 36.4 Å². The fraction of sp³-hybridized carbons (Fsp3) is 0.0714. The van der Waals surface area contributed by atoms with E-state index in [4.69, 9.17) is 0 Å². The van der Waals surface area contributed by atoms with E-state index in [2.05, 4.69) is 62.8 Å². The summed E-state index contributed by atoms with van der Waals surface area (Å²) >= 11 is 0. The molecule has 5 aromatic rings. The van der Waals surface area contributed by atoms with E-state index in [1.165, 1.54) is 0 Å². The first-order valence-electron chi connectivity index (χ1n) is 12.7. The van der Waals surface area contributed by atoms with Gasteiger partial charge in [-0.3, -0.25) is 0 Å². The summed E-state index contributed by atoms with van der Waals surface area (Å²) in [6, 6.07) is 23.8. The second-order valence-corrected chi connectivity index (χ2v) is 8.79. The van der Waals surface area contributed by atoms with Crippen LogP contribution < -0.4 is 93.4 Å². The van der Waals surface area contributed by atoms with Gasteiger partial charge < -0.3 is 61.3 Å². The minimum absolute atomic E-state index is 0. The molecule has 0 aliphatic carbocycles. The molecule has 0 fully saturated rings. The Bertz CT molecular complexity index is 1710. The van der Waals surface area contributed by atoms with E-state index in [-0.39, 0.29) is 80.4 Å². The first-order chi connectivity index (χ1) is 20.9. The third kappa shape index (κ3) is 11.4. The number of aliphatic carboxylic acids is 2. The summed E-state index contributed by atoms with van der Waals surface area (Å²) in [6.45, 7) is 0. The third-order valence-electron chi connectivity index (χ3n) is 5.57. The molecular formula is C28H22Li3N11O4. The molecule has 15 nitrogen and oxygen atoms in total. The van der Waals surface area contributed by atoms with Gasteiger partial charge in [-0.2, -0.15) is 15.0 Å². The van der Waals surface area contributed by atoms with Crippen LogP contribution in [-0.4, -0.2) is 47.9 Å². The van der Waals surface area contributed by atoms with Gasteiger partial charge >= 0.3 is 56.6 Å². The number of para-hydroxylation sites is 2. The molecule has 216 valence electrons. The zero-order valence-electron chi connectivity index (χ0n) is 25.2. The second-order valence-electron chi connectivity index (χ2n) is 8.79. The smallest absolute Gasteiger partial charge is 0.550 e. The Kier molecular flexibility index (Phi) is 15.0. The number of hydrogen-bond donors (Lipinski definition) is 5. The average molecular weight is 597 g/mol. The normalized spacial score (nSPS) is 10.4. The van der Waals surface area contributed by atoms with Crippen molar-refractivity contribution < 1.29 is 76.4 Å². The summed E-state index contributed by atoms with van der Waals surface area (Å²) in [5.74, 6) is -2.72. The molecule has 5 rings (SSSR count). The number of rotatable bonds is 13. The molecule has 46 heavy (non-hydrogen) atoms. The number of carbonyl (C=O) groups excluding carboxylic acids is 2. The van der Waals surface area contributed by atoms with Crippen LogP contribution in [0.3, 0.4) is 0 Å². The number of nitrogens with one attached hydrogen (secondary N) is 5. The van der Waals surface area contributed by atoms with Crippen molar-refractivity contribution >= 4 is 64.4 Å². The number of carboxylic acids is 2. The maximum absolute atomic E-state index is 11.5. The maximum atomic E-state index is 11.5. The molecule has 18 heteroatoms. The van der Waals surface area contributed by atoms with Crippen molar-refractivity contribution in [3.63, 3.8) is 0 Å². The second kappa shape index (κ2) is 18.4. The third-order valence-corrected chi connectivity index (χ3v) is 5.57. The summed E-state index contributed by atoms with van der Waals surface area (Å²) in [6.07, 6.45) is 1.71. The topological polar surface area (TPSA) is 218 Å². The van der Waals surface area contributed by atoms with Crippen LogP contribution in [0.15, 0.2) is 84.9 Å². The molecule has 0 saturated heterocycles. The largest absolute Gasteiger partial charge is 1.00 e. The van der Waals surface area contributed by atoms with Crippen LogP contribution in [0.25, 0.3) is 0 Å². The van der Waals surface area contributed by atoms with Gasteiger partial charge in [0, 0.05) is 41.5 Å². The van der Waals surface area contributed by atoms with Crippen molar-refractivity contribution in [2.45, 2.75) is 12.5 Å². The van der Waals surface area contributed by atoms with Crippen LogP contribution in [-0.2, 0) is 9.59 Å². The Morgan fingerprint density at radius 1 is 0.565 bits per heavy atom. The van der Waals surface area contributed by atoms with Crippen LogP contribution in [0.4, 0.5) is 52.5 Å². The minimum Gasteiger partial charge on any atom is -0.550 e. The number of aromatic nitrogens is 6. The van der Waals surface area contributed by atoms with Gasteiger partial charge in [-0.25, -0.2) is 0 Å². The zero-order chi connectivity index (χ0) is 30.0. The molecule has 5 N–H and O–H groups in total. The molecule has 2 heterocycles. The molecule has 0 amide bonds. The van der Waals surface area contributed by atoms with Crippen molar-refractivity contribution in [3.8, 4) is 0 Å². The Morgan fingerprint density at radius 2 is 0.935 bits per heavy atom. The summed E-state index contributed by atoms with van der Waals surface area (Å²) < 4.78 is 0. The van der Waals surface area contributed by atoms with Gasteiger partial charge in [0.2, 0.25) is 17.8 Å². The Balaban J connectivity index is 0.00000245. The predicted molar refractivity (Wildman–Crippen MR) is 153 cm³/mol. The Morgan fingerprint density at radius 3 is 1.35 bits per heavy atom. The number of nitrogens with zero attached hydrogens (tertiary/aromatic N) is 6. The van der Waals surface area contributed by atoms with Crippen LogP contribution in [0.1, 0.15) is 6.42 Å². The Hall–Kier alpha value is -4.59. The molecule has 0 aliphatic rings. The molecular weight excluding hydrogens is 575 g/mol. The fourth-order valence-electron chi connectivity index (χ4n) is 3.65. The van der Waals surface area contributed by atoms with E-state index in [1.807, 2.05) is 36.4 Å². The molecule has 0 bridgehead atoms. The van der Waals surface area contributed by atoms with Crippen molar-refractivity contribution in [2.75, 3.05) is 26.6 Å². The summed E-state index contributed by atoms with van der Waals surface area (Å²) in [4.78, 5) is 47.6. The molecule has 2 aromatic heterocycles. The quantitative estimate of drug-likeness (QED) is 0.0629. The monoisotopic (exact) mass is 597 g/mol. The van der Waals surface area contributed by atoms with Gasteiger partial charge in [0.15, 0.2) is 0 Å². The van der Waals surface area contributed by atoms with Gasteiger partial charge in [0.05, 0.1) is 12.0 Å². The summed E-state index contributed by atoms with van der Waals surface area (Å²) in [5.41, 5.74) is 2.72. The van der Waals surface area contributed by atoms with Gasteiger partial charge in [0.1, 0.15) is 11.9 Å². The van der Waals surface area contributed by atoms with Gasteiger partial charge in [-0.15, -0.1) is 0 Å². The standard InChI is InChI=1S/C28H24N11O4.3Li/c40-22(41)15-21(23(42)43)35-28-38-26(33-18-9-5-2-6-10-18)37-27(39-28)34-20-13-11-19(12-14-20)32-25-30-16-29-24(36-25)31-17-7-3-1-4-8-17;;;/h1-14,21H,15H2,(H,40,41)(H,42,43)(H2,29,30,31,32,36)(H3,33,34,35,37,38,39);;;/q-1;3*+1/p-2. The predicted octanol–water partition coefficient (Wildman–Crippen LogP) is -7.49. The van der Waals surface area contributed by atoms with Crippen LogP contribution in [0.2, 0.25) is 0 Å². The maximum Gasteiger partial charge on any atom is 1.00 e. The summed E-state index contributed by atoms with van der Waals surface area (Å²) in [7, 11) is 0. The molecule has 0 spiro atoms. The fourth-order valence-corrected chi connectivity index (χ4v) is 3.65. The molecule has 1 atom stereocenters. The van der Waals surface area contributed by atoms with E-state index in [0.29, 0.717) is 23.0 Å². The van der Waals surface area contributed by atoms with Gasteiger partial charge in [0.25, 0.3) is 0 Å². The van der Waals surface area contributed by atoms with Crippen molar-refractivity contribution in [1.29, 1.82) is 0 Å². The van der Waals surface area contributed by atoms with Crippen LogP contribution in [0, 0.1) is 6.33 Å². The van der Waals surface area contributed by atoms with Crippen molar-refractivity contribution in [3.05, 3.63) is 91.3 Å². The number of hydrogen-bond acceptors (Lipinski definition) is 15. The molecule has 0 radical (unpaired) electrons. The molecule has 0 aliphatic heterocycles. The van der Waals surface area contributed by atoms with Crippen LogP contribution >= 0.6 is 0 Å². The van der Waals surface area contributed by atoms with E-state index in [0.717, 1.165) is 5.69 Å². The number of carbonyl (C=O) groups is 2. The molecule has 0 saturated carbocycles. The SMILES string of the molecule is O=C([O-])CC(Nc1nc(Nc2ccccc2)nc(Nc2ccc(Nc3n[c-]nc(Nc4ccccc4)n3)cc2)n1)C(=O)[O-].[Li+].[Li+].[Li+]. The van der Waals surface area contributed by atoms with Gasteiger partial charge in [-0.05, 0) is 48.5 Å². The first-order valence-corrected chi connectivity index (χ1v) is 12.7. The van der Waals surface area contributed by atoms with E-state index in [9.17, 15) is 19.8 Å². The average Bonchev–Trinajstić information content (AvgIpc) is 2.99. The zero-order valence-corrected chi connectivity index (χ0v) is 25.2. The molecule has 1 unspecified atom stereocenters. The number of carboxylic acid groups (broad SMARTS) is 2. The van der Waals surface area contributed by atoms with Crippen LogP contribution in [0.5, 0.6) is 0 Å².